The minimum absolute atomic E-state index is 0.150. The van der Waals surface area contributed by atoms with Crippen LogP contribution in [0.1, 0.15) is 66.9 Å². The van der Waals surface area contributed by atoms with Crippen molar-refractivity contribution < 1.29 is 17.6 Å². The Morgan fingerprint density at radius 2 is 1.15 bits per heavy atom. The van der Waals surface area contributed by atoms with Gasteiger partial charge in [0, 0.05) is 24.0 Å². The number of benzene rings is 3. The molecule has 54 heavy (non-hydrogen) atoms. The summed E-state index contributed by atoms with van der Waals surface area (Å²) < 4.78 is 55.5. The molecule has 9 rings (SSSR count). The van der Waals surface area contributed by atoms with Crippen LogP contribution in [0.3, 0.4) is 0 Å². The number of halogens is 4. The van der Waals surface area contributed by atoms with Crippen LogP contribution in [-0.4, -0.2) is 26.1 Å². The standard InChI is InChI=1S/C46H34F4N4/c47-35-15-5-29(6-16-35)43-45(31-9-19-37(49)20-10-31)53-41-25-33(13-23-39(41)51-43)27-1-2-28(4-3-27)34-14-24-40-42(26-34)54-46(32-11-21-38(50)22-12-32)44(52-40)30-7-17-36(48)18-8-30/h1-2,5-7,9-13,15-17,19,21-23,25-26,37H,3-4,8,14,18,20,24H2. The van der Waals surface area contributed by atoms with E-state index in [1.807, 2.05) is 12.1 Å². The van der Waals surface area contributed by atoms with Crippen LogP contribution in [0, 0.1) is 11.6 Å². The van der Waals surface area contributed by atoms with Crippen LogP contribution in [0.25, 0.3) is 56.3 Å². The van der Waals surface area contributed by atoms with Crippen molar-refractivity contribution in [2.45, 2.75) is 51.1 Å². The van der Waals surface area contributed by atoms with Crippen LogP contribution in [0.5, 0.6) is 0 Å². The summed E-state index contributed by atoms with van der Waals surface area (Å²) >= 11 is 0. The molecule has 0 radical (unpaired) electrons. The molecule has 0 bridgehead atoms. The summed E-state index contributed by atoms with van der Waals surface area (Å²) in [6.07, 6.45) is 18.2. The minimum Gasteiger partial charge on any atom is -0.249 e. The maximum atomic E-state index is 14.0. The number of hydrogen-bond donors (Lipinski definition) is 0. The van der Waals surface area contributed by atoms with Gasteiger partial charge in [-0.3, -0.25) is 0 Å². The van der Waals surface area contributed by atoms with E-state index in [9.17, 15) is 17.6 Å². The van der Waals surface area contributed by atoms with E-state index in [0.29, 0.717) is 29.9 Å². The van der Waals surface area contributed by atoms with Crippen LogP contribution < -0.4 is 0 Å². The van der Waals surface area contributed by atoms with Crippen molar-refractivity contribution in [3.63, 3.8) is 0 Å². The van der Waals surface area contributed by atoms with Crippen molar-refractivity contribution in [2.24, 2.45) is 0 Å². The third-order valence-corrected chi connectivity index (χ3v) is 10.5. The molecule has 3 aromatic carbocycles. The van der Waals surface area contributed by atoms with Gasteiger partial charge in [-0.05, 0) is 144 Å². The zero-order valence-corrected chi connectivity index (χ0v) is 29.3. The van der Waals surface area contributed by atoms with Crippen molar-refractivity contribution in [1.29, 1.82) is 0 Å². The molecule has 0 saturated heterocycles. The summed E-state index contributed by atoms with van der Waals surface area (Å²) in [7, 11) is 0. The second-order valence-corrected chi connectivity index (χ2v) is 14.0. The lowest BCUT2D eigenvalue weighted by atomic mass is 9.85. The van der Waals surface area contributed by atoms with Crippen molar-refractivity contribution >= 4 is 33.8 Å². The van der Waals surface area contributed by atoms with Gasteiger partial charge in [-0.1, -0.05) is 36.4 Å². The molecule has 2 aromatic heterocycles. The van der Waals surface area contributed by atoms with Crippen molar-refractivity contribution in [2.75, 3.05) is 0 Å². The predicted molar refractivity (Wildman–Crippen MR) is 207 cm³/mol. The van der Waals surface area contributed by atoms with Gasteiger partial charge < -0.3 is 0 Å². The van der Waals surface area contributed by atoms with Crippen LogP contribution in [0.15, 0.2) is 126 Å². The molecule has 4 aliphatic carbocycles. The number of aryl methyl sites for hydroxylation is 1. The first-order valence-electron chi connectivity index (χ1n) is 18.3. The third-order valence-electron chi connectivity index (χ3n) is 10.5. The molecule has 0 fully saturated rings. The molecule has 4 nitrogen and oxygen atoms in total. The summed E-state index contributed by atoms with van der Waals surface area (Å²) in [5.74, 6) is -0.804. The number of hydrogen-bond acceptors (Lipinski definition) is 4. The Labute approximate surface area is 310 Å². The predicted octanol–water partition coefficient (Wildman–Crippen LogP) is 11.9. The Morgan fingerprint density at radius 1 is 0.519 bits per heavy atom. The number of fused-ring (bicyclic) bond motifs is 2. The molecule has 8 heteroatoms. The van der Waals surface area contributed by atoms with E-state index in [1.54, 1.807) is 36.4 Å². The number of rotatable bonds is 6. The fraction of sp³-hybridized carbons (Fsp3) is 0.174. The number of aromatic nitrogens is 4. The van der Waals surface area contributed by atoms with Crippen molar-refractivity contribution in [3.8, 4) is 22.5 Å². The van der Waals surface area contributed by atoms with Gasteiger partial charge in [0.05, 0.1) is 45.2 Å². The lowest BCUT2D eigenvalue weighted by Gasteiger charge is -2.23. The second kappa shape index (κ2) is 14.1. The van der Waals surface area contributed by atoms with Gasteiger partial charge in [-0.2, -0.15) is 0 Å². The quantitative estimate of drug-likeness (QED) is 0.164. The Morgan fingerprint density at radius 3 is 1.81 bits per heavy atom. The fourth-order valence-corrected chi connectivity index (χ4v) is 7.55. The molecule has 0 N–H and O–H groups in total. The lowest BCUT2D eigenvalue weighted by molar-refractivity contribution is 0.402. The Balaban J connectivity index is 1.04. The van der Waals surface area contributed by atoms with E-state index in [2.05, 4.69) is 30.4 Å². The normalized spacial score (nSPS) is 18.3. The zero-order chi connectivity index (χ0) is 36.8. The average molecular weight is 719 g/mol. The van der Waals surface area contributed by atoms with E-state index in [1.165, 1.54) is 53.1 Å². The third kappa shape index (κ3) is 6.68. The maximum absolute atomic E-state index is 14.0. The topological polar surface area (TPSA) is 51.6 Å². The molecule has 5 aromatic rings. The Kier molecular flexibility index (Phi) is 8.81. The van der Waals surface area contributed by atoms with Crippen molar-refractivity contribution in [1.82, 2.24) is 19.9 Å². The maximum Gasteiger partial charge on any atom is 0.123 e. The van der Waals surface area contributed by atoms with Gasteiger partial charge in [-0.25, -0.2) is 37.5 Å². The summed E-state index contributed by atoms with van der Waals surface area (Å²) in [5, 5.41) is 0. The van der Waals surface area contributed by atoms with E-state index < -0.39 is 6.17 Å². The molecule has 1 atom stereocenters. The summed E-state index contributed by atoms with van der Waals surface area (Å²) in [6.45, 7) is 0. The highest BCUT2D eigenvalue weighted by atomic mass is 19.1. The monoisotopic (exact) mass is 718 g/mol. The highest BCUT2D eigenvalue weighted by Crippen LogP contribution is 2.39. The SMILES string of the molecule is FC1=CC=C(c2nc3c(nc2-c2ccc(F)cc2)C=C(C2=CC=C(c4ccc5nc(-c6ccc(F)cc6)c(C6=CCC(F)C=C6)nc5c4)CC2)CC3)CC1. The van der Waals surface area contributed by atoms with Gasteiger partial charge in [0.15, 0.2) is 0 Å². The number of nitrogens with zero attached hydrogens (tertiary/aromatic N) is 4. The number of allylic oxidation sites excluding steroid dienone is 13. The van der Waals surface area contributed by atoms with E-state index in [4.69, 9.17) is 19.9 Å². The summed E-state index contributed by atoms with van der Waals surface area (Å²) in [5.41, 5.74) is 13.8. The molecule has 266 valence electrons. The first kappa shape index (κ1) is 33.8. The average Bonchev–Trinajstić information content (AvgIpc) is 3.21. The van der Waals surface area contributed by atoms with Gasteiger partial charge in [0.2, 0.25) is 0 Å². The molecule has 0 amide bonds. The Bertz CT molecular complexity index is 2560. The van der Waals surface area contributed by atoms with Crippen LogP contribution >= 0.6 is 0 Å². The number of alkyl halides is 1. The second-order valence-electron chi connectivity index (χ2n) is 14.0. The molecule has 0 saturated carbocycles. The molecule has 0 aliphatic heterocycles. The lowest BCUT2D eigenvalue weighted by Crippen LogP contribution is -2.11. The van der Waals surface area contributed by atoms with Crippen LogP contribution in [0.2, 0.25) is 0 Å². The van der Waals surface area contributed by atoms with E-state index in [0.717, 1.165) is 81.6 Å². The fourth-order valence-electron chi connectivity index (χ4n) is 7.55. The van der Waals surface area contributed by atoms with Crippen LogP contribution in [-0.2, 0) is 6.42 Å². The Hall–Kier alpha value is -6.02. The summed E-state index contributed by atoms with van der Waals surface area (Å²) in [4.78, 5) is 20.2. The highest BCUT2D eigenvalue weighted by molar-refractivity contribution is 5.89. The molecule has 2 heterocycles. The van der Waals surface area contributed by atoms with Gasteiger partial charge >= 0.3 is 0 Å². The molecule has 0 spiro atoms. The highest BCUT2D eigenvalue weighted by Gasteiger charge is 2.24. The zero-order valence-electron chi connectivity index (χ0n) is 29.3. The first-order valence-corrected chi connectivity index (χ1v) is 18.3. The molecule has 4 aliphatic rings. The van der Waals surface area contributed by atoms with E-state index in [-0.39, 0.29) is 23.9 Å². The minimum atomic E-state index is -1.03. The van der Waals surface area contributed by atoms with Gasteiger partial charge in [0.25, 0.3) is 0 Å². The van der Waals surface area contributed by atoms with Crippen molar-refractivity contribution in [3.05, 3.63) is 166 Å². The largest absolute Gasteiger partial charge is 0.249 e. The molecule has 1 unspecified atom stereocenters. The van der Waals surface area contributed by atoms with Gasteiger partial charge in [-0.15, -0.1) is 0 Å². The molecular weight excluding hydrogens is 685 g/mol. The smallest absolute Gasteiger partial charge is 0.123 e. The first-order chi connectivity index (χ1) is 26.3. The molecular formula is C46H34F4N4. The van der Waals surface area contributed by atoms with E-state index >= 15 is 0 Å². The summed E-state index contributed by atoms with van der Waals surface area (Å²) in [6, 6.07) is 18.6. The van der Waals surface area contributed by atoms with Gasteiger partial charge in [0.1, 0.15) is 23.6 Å². The van der Waals surface area contributed by atoms with Crippen LogP contribution in [0.4, 0.5) is 17.6 Å².